The zero-order chi connectivity index (χ0) is 20.2. The summed E-state index contributed by atoms with van der Waals surface area (Å²) in [6, 6.07) is 21.2. The third kappa shape index (κ3) is 7.09. The van der Waals surface area contributed by atoms with Crippen molar-refractivity contribution < 1.29 is 4.74 Å². The molecule has 0 aliphatic carbocycles. The molecule has 0 unspecified atom stereocenters. The molecule has 1 fully saturated rings. The number of ether oxygens (including phenoxy) is 1. The second-order valence-electron chi connectivity index (χ2n) is 7.34. The zero-order valence-corrected chi connectivity index (χ0v) is 17.6. The number of hydrogen-bond acceptors (Lipinski definition) is 3. The van der Waals surface area contributed by atoms with Crippen LogP contribution in [0, 0.1) is 0 Å². The van der Waals surface area contributed by atoms with Crippen LogP contribution in [-0.2, 0) is 11.2 Å². The van der Waals surface area contributed by atoms with Gasteiger partial charge in [-0.05, 0) is 37.0 Å². The molecule has 5 nitrogen and oxygen atoms in total. The van der Waals surface area contributed by atoms with Crippen LogP contribution in [0.5, 0.6) is 0 Å². The van der Waals surface area contributed by atoms with E-state index in [2.05, 4.69) is 80.8 Å². The van der Waals surface area contributed by atoms with Gasteiger partial charge in [-0.2, -0.15) is 0 Å². The molecular formula is C24H34N4O. The number of rotatable bonds is 9. The average Bonchev–Trinajstić information content (AvgIpc) is 2.80. The van der Waals surface area contributed by atoms with Crippen molar-refractivity contribution in [2.24, 2.45) is 4.99 Å². The molecule has 0 spiro atoms. The van der Waals surface area contributed by atoms with Crippen LogP contribution >= 0.6 is 0 Å². The number of benzene rings is 2. The highest BCUT2D eigenvalue weighted by atomic mass is 16.5. The van der Waals surface area contributed by atoms with Gasteiger partial charge in [0.15, 0.2) is 5.96 Å². The Kier molecular flexibility index (Phi) is 8.86. The maximum atomic E-state index is 5.77. The van der Waals surface area contributed by atoms with Crippen molar-refractivity contribution in [3.05, 3.63) is 66.2 Å². The van der Waals surface area contributed by atoms with Crippen LogP contribution in [0.3, 0.4) is 0 Å². The molecule has 0 bridgehead atoms. The summed E-state index contributed by atoms with van der Waals surface area (Å²) in [6.45, 7) is 6.61. The van der Waals surface area contributed by atoms with Crippen molar-refractivity contribution in [1.82, 2.24) is 10.2 Å². The van der Waals surface area contributed by atoms with E-state index in [1.165, 1.54) is 11.3 Å². The number of anilines is 1. The van der Waals surface area contributed by atoms with Crippen molar-refractivity contribution in [2.45, 2.75) is 19.3 Å². The minimum absolute atomic E-state index is 0.796. The van der Waals surface area contributed by atoms with Crippen molar-refractivity contribution in [3.63, 3.8) is 0 Å². The first kappa shape index (κ1) is 21.2. The minimum Gasteiger partial charge on any atom is -0.381 e. The van der Waals surface area contributed by atoms with Crippen LogP contribution in [-0.4, -0.2) is 63.8 Å². The number of piperazine rings is 1. The highest BCUT2D eigenvalue weighted by Crippen LogP contribution is 2.15. The average molecular weight is 395 g/mol. The van der Waals surface area contributed by atoms with E-state index < -0.39 is 0 Å². The van der Waals surface area contributed by atoms with E-state index in [-0.39, 0.29) is 0 Å². The molecule has 2 aromatic rings. The largest absolute Gasteiger partial charge is 0.381 e. The molecule has 3 rings (SSSR count). The van der Waals surface area contributed by atoms with Gasteiger partial charge in [0.05, 0.1) is 6.61 Å². The molecule has 5 heteroatoms. The van der Waals surface area contributed by atoms with E-state index in [1.807, 2.05) is 7.05 Å². The van der Waals surface area contributed by atoms with Crippen LogP contribution in [0.1, 0.15) is 18.4 Å². The summed E-state index contributed by atoms with van der Waals surface area (Å²) in [5.74, 6) is 1.02. The topological polar surface area (TPSA) is 40.1 Å². The lowest BCUT2D eigenvalue weighted by atomic mass is 10.2. The molecule has 1 N–H and O–H groups in total. The summed E-state index contributed by atoms with van der Waals surface area (Å²) in [5.41, 5.74) is 2.65. The molecule has 0 amide bonds. The van der Waals surface area contributed by atoms with Crippen LogP contribution in [0.4, 0.5) is 5.69 Å². The number of para-hydroxylation sites is 1. The van der Waals surface area contributed by atoms with Crippen molar-refractivity contribution in [1.29, 1.82) is 0 Å². The smallest absolute Gasteiger partial charge is 0.193 e. The van der Waals surface area contributed by atoms with E-state index in [0.717, 1.165) is 71.2 Å². The Morgan fingerprint density at radius 3 is 2.28 bits per heavy atom. The number of hydrogen-bond donors (Lipinski definition) is 1. The predicted octanol–water partition coefficient (Wildman–Crippen LogP) is 3.42. The molecule has 1 aliphatic heterocycles. The highest BCUT2D eigenvalue weighted by molar-refractivity contribution is 5.80. The molecule has 2 aromatic carbocycles. The summed E-state index contributed by atoms with van der Waals surface area (Å²) in [5, 5.41) is 3.51. The standard InChI is InChI=1S/C24H34N4O/c1-25-24(28-18-16-27(17-19-28)23-12-6-3-7-13-23)26-15-8-9-20-29-21-14-22-10-4-2-5-11-22/h2-7,10-13H,8-9,14-21H2,1H3,(H,25,26). The Hall–Kier alpha value is -2.53. The summed E-state index contributed by atoms with van der Waals surface area (Å²) < 4.78 is 5.77. The predicted molar refractivity (Wildman–Crippen MR) is 122 cm³/mol. The van der Waals surface area contributed by atoms with Crippen molar-refractivity contribution in [3.8, 4) is 0 Å². The fourth-order valence-electron chi connectivity index (χ4n) is 3.61. The monoisotopic (exact) mass is 394 g/mol. The van der Waals surface area contributed by atoms with E-state index in [9.17, 15) is 0 Å². The second-order valence-corrected chi connectivity index (χ2v) is 7.34. The van der Waals surface area contributed by atoms with Gasteiger partial charge in [0.1, 0.15) is 0 Å². The number of aliphatic imine (C=N–C) groups is 1. The molecule has 29 heavy (non-hydrogen) atoms. The van der Waals surface area contributed by atoms with Gasteiger partial charge in [0.25, 0.3) is 0 Å². The molecule has 156 valence electrons. The van der Waals surface area contributed by atoms with Gasteiger partial charge in [-0.1, -0.05) is 48.5 Å². The normalized spacial score (nSPS) is 14.9. The number of unbranched alkanes of at least 4 members (excludes halogenated alkanes) is 1. The van der Waals surface area contributed by atoms with Crippen LogP contribution < -0.4 is 10.2 Å². The first-order valence-electron chi connectivity index (χ1n) is 10.7. The highest BCUT2D eigenvalue weighted by Gasteiger charge is 2.19. The Morgan fingerprint density at radius 1 is 0.897 bits per heavy atom. The van der Waals surface area contributed by atoms with Crippen molar-refractivity contribution in [2.75, 3.05) is 57.9 Å². The lowest BCUT2D eigenvalue weighted by Gasteiger charge is -2.37. The number of nitrogens with zero attached hydrogens (tertiary/aromatic N) is 3. The van der Waals surface area contributed by atoms with E-state index in [4.69, 9.17) is 4.74 Å². The summed E-state index contributed by atoms with van der Waals surface area (Å²) in [7, 11) is 1.87. The van der Waals surface area contributed by atoms with Crippen LogP contribution in [0.25, 0.3) is 0 Å². The Labute approximate surface area is 175 Å². The van der Waals surface area contributed by atoms with Gasteiger partial charge in [0, 0.05) is 52.1 Å². The van der Waals surface area contributed by atoms with Crippen LogP contribution in [0.2, 0.25) is 0 Å². The third-order valence-corrected chi connectivity index (χ3v) is 5.29. The lowest BCUT2D eigenvalue weighted by molar-refractivity contribution is 0.133. The van der Waals surface area contributed by atoms with Gasteiger partial charge in [0.2, 0.25) is 0 Å². The Morgan fingerprint density at radius 2 is 1.59 bits per heavy atom. The van der Waals surface area contributed by atoms with Crippen molar-refractivity contribution >= 4 is 11.6 Å². The third-order valence-electron chi connectivity index (χ3n) is 5.29. The second kappa shape index (κ2) is 12.1. The minimum atomic E-state index is 0.796. The van der Waals surface area contributed by atoms with Gasteiger partial charge in [-0.3, -0.25) is 4.99 Å². The zero-order valence-electron chi connectivity index (χ0n) is 17.6. The van der Waals surface area contributed by atoms with Gasteiger partial charge < -0.3 is 19.9 Å². The lowest BCUT2D eigenvalue weighted by Crippen LogP contribution is -2.52. The number of nitrogens with one attached hydrogen (secondary N) is 1. The fraction of sp³-hybridized carbons (Fsp3) is 0.458. The molecule has 0 radical (unpaired) electrons. The maximum Gasteiger partial charge on any atom is 0.193 e. The number of guanidine groups is 1. The summed E-state index contributed by atoms with van der Waals surface area (Å²) >= 11 is 0. The Balaban J connectivity index is 1.25. The molecule has 1 aliphatic rings. The fourth-order valence-corrected chi connectivity index (χ4v) is 3.61. The quantitative estimate of drug-likeness (QED) is 0.402. The molecule has 0 atom stereocenters. The van der Waals surface area contributed by atoms with Crippen LogP contribution in [0.15, 0.2) is 65.7 Å². The van der Waals surface area contributed by atoms with E-state index in [0.29, 0.717) is 0 Å². The molecular weight excluding hydrogens is 360 g/mol. The van der Waals surface area contributed by atoms with Gasteiger partial charge >= 0.3 is 0 Å². The molecule has 1 heterocycles. The Bertz CT molecular complexity index is 712. The van der Waals surface area contributed by atoms with Gasteiger partial charge in [-0.25, -0.2) is 0 Å². The van der Waals surface area contributed by atoms with Gasteiger partial charge in [-0.15, -0.1) is 0 Å². The first-order chi connectivity index (χ1) is 14.4. The molecule has 0 saturated carbocycles. The SMILES string of the molecule is CN=C(NCCCCOCCc1ccccc1)N1CCN(c2ccccc2)CC1. The summed E-state index contributed by atoms with van der Waals surface area (Å²) in [6.07, 6.45) is 3.15. The maximum absolute atomic E-state index is 5.77. The van der Waals surface area contributed by atoms with E-state index >= 15 is 0 Å². The first-order valence-corrected chi connectivity index (χ1v) is 10.7. The molecule has 0 aromatic heterocycles. The summed E-state index contributed by atoms with van der Waals surface area (Å²) in [4.78, 5) is 9.27. The van der Waals surface area contributed by atoms with E-state index in [1.54, 1.807) is 0 Å². The molecule has 1 saturated heterocycles.